The van der Waals surface area contributed by atoms with Crippen molar-refractivity contribution >= 4 is 35.0 Å². The van der Waals surface area contributed by atoms with Crippen LogP contribution in [0.25, 0.3) is 16.8 Å². The first kappa shape index (κ1) is 20.9. The van der Waals surface area contributed by atoms with Crippen molar-refractivity contribution < 1.29 is 14.7 Å². The number of carbonyl (C=O) groups is 2. The van der Waals surface area contributed by atoms with Gasteiger partial charge in [0.05, 0.1) is 29.1 Å². The first-order chi connectivity index (χ1) is 15.3. The number of Topliss-reactive ketones (excluding diaryl/α,β-unsaturated/α-hetero) is 1. The van der Waals surface area contributed by atoms with Crippen molar-refractivity contribution in [3.63, 3.8) is 0 Å². The highest BCUT2D eigenvalue weighted by Crippen LogP contribution is 2.41. The second-order valence-corrected chi connectivity index (χ2v) is 10.3. The highest BCUT2D eigenvalue weighted by Gasteiger charge is 2.32. The maximum atomic E-state index is 12.5. The fraction of sp³-hybridized carbons (Fsp3) is 0.435. The predicted octanol–water partition coefficient (Wildman–Crippen LogP) is 3.97. The van der Waals surface area contributed by atoms with Gasteiger partial charge in [-0.15, -0.1) is 11.8 Å². The van der Waals surface area contributed by atoms with E-state index in [-0.39, 0.29) is 23.4 Å². The number of ketones is 1. The zero-order valence-electron chi connectivity index (χ0n) is 18.0. The Morgan fingerprint density at radius 3 is 2.66 bits per heavy atom. The monoisotopic (exact) mass is 451 g/mol. The average molecular weight is 452 g/mol. The topological polar surface area (TPSA) is 123 Å². The highest BCUT2D eigenvalue weighted by atomic mass is 32.2. The van der Waals surface area contributed by atoms with Gasteiger partial charge in [-0.25, -0.2) is 4.98 Å². The van der Waals surface area contributed by atoms with Crippen LogP contribution in [0.2, 0.25) is 0 Å². The molecule has 32 heavy (non-hydrogen) atoms. The smallest absolute Gasteiger partial charge is 0.306 e. The molecule has 1 aliphatic heterocycles. The van der Waals surface area contributed by atoms with Crippen LogP contribution in [0, 0.1) is 5.92 Å². The summed E-state index contributed by atoms with van der Waals surface area (Å²) in [6, 6.07) is 2.13. The van der Waals surface area contributed by atoms with Crippen LogP contribution >= 0.6 is 11.8 Å². The molecular formula is C23H25N5O3S. The Balaban J connectivity index is 1.60. The van der Waals surface area contributed by atoms with Gasteiger partial charge in [0, 0.05) is 39.8 Å². The Labute approximate surface area is 189 Å². The van der Waals surface area contributed by atoms with Crippen LogP contribution in [-0.4, -0.2) is 41.7 Å². The third-order valence-electron chi connectivity index (χ3n) is 6.58. The summed E-state index contributed by atoms with van der Waals surface area (Å²) in [5.74, 6) is -0.979. The molecule has 9 heteroatoms. The van der Waals surface area contributed by atoms with Crippen LogP contribution in [0.5, 0.6) is 0 Å². The number of nitrogen functional groups attached to an aromatic ring is 1. The van der Waals surface area contributed by atoms with Gasteiger partial charge in [0.1, 0.15) is 5.82 Å². The zero-order chi connectivity index (χ0) is 22.6. The number of nitrogens with zero attached hydrogens (tertiary/aromatic N) is 4. The minimum atomic E-state index is -0.757. The van der Waals surface area contributed by atoms with Gasteiger partial charge in [-0.2, -0.15) is 9.61 Å². The van der Waals surface area contributed by atoms with Crippen molar-refractivity contribution in [2.45, 2.75) is 62.0 Å². The molecule has 0 spiro atoms. The number of aromatic nitrogens is 4. The van der Waals surface area contributed by atoms with Crippen LogP contribution in [0.4, 0.5) is 5.82 Å². The lowest BCUT2D eigenvalue weighted by Gasteiger charge is -2.27. The van der Waals surface area contributed by atoms with E-state index in [0.717, 1.165) is 23.2 Å². The van der Waals surface area contributed by atoms with Gasteiger partial charge in [0.2, 0.25) is 0 Å². The number of pyridine rings is 1. The van der Waals surface area contributed by atoms with Crippen molar-refractivity contribution in [2.75, 3.05) is 5.73 Å². The molecule has 0 saturated heterocycles. The van der Waals surface area contributed by atoms with Crippen molar-refractivity contribution in [2.24, 2.45) is 5.92 Å². The van der Waals surface area contributed by atoms with Crippen molar-refractivity contribution in [3.05, 3.63) is 35.4 Å². The van der Waals surface area contributed by atoms with Crippen molar-refractivity contribution in [1.82, 2.24) is 19.6 Å². The SMILES string of the molecule is CC(=O)c1c(N)n2ncc(-c3cnc4c(c3)SC(C)C4)c2nc1[C@H]1CC[C@H](C(=O)O)CC1. The van der Waals surface area contributed by atoms with E-state index < -0.39 is 5.97 Å². The third-order valence-corrected chi connectivity index (χ3v) is 7.75. The number of nitrogens with two attached hydrogens (primary N) is 1. The molecular weight excluding hydrogens is 426 g/mol. The summed E-state index contributed by atoms with van der Waals surface area (Å²) in [5.41, 5.74) is 10.9. The Morgan fingerprint density at radius 2 is 1.97 bits per heavy atom. The first-order valence-corrected chi connectivity index (χ1v) is 11.8. The number of fused-ring (bicyclic) bond motifs is 2. The molecule has 1 unspecified atom stereocenters. The van der Waals surface area contributed by atoms with E-state index >= 15 is 0 Å². The second kappa shape index (κ2) is 7.88. The Morgan fingerprint density at radius 1 is 1.22 bits per heavy atom. The number of aliphatic carboxylic acids is 1. The van der Waals surface area contributed by atoms with Gasteiger partial charge in [-0.1, -0.05) is 6.92 Å². The molecule has 3 aromatic rings. The molecule has 4 heterocycles. The number of carboxylic acids is 1. The Kier molecular flexibility index (Phi) is 5.16. The third kappa shape index (κ3) is 3.44. The molecule has 3 aromatic heterocycles. The minimum absolute atomic E-state index is 0.00546. The number of hydrogen-bond acceptors (Lipinski definition) is 7. The normalized spacial score (nSPS) is 22.8. The molecule has 5 rings (SSSR count). The van der Waals surface area contributed by atoms with Crippen LogP contribution in [0.15, 0.2) is 23.4 Å². The molecule has 1 fully saturated rings. The maximum absolute atomic E-state index is 12.5. The van der Waals surface area contributed by atoms with Crippen LogP contribution in [0.3, 0.4) is 0 Å². The van der Waals surface area contributed by atoms with Gasteiger partial charge >= 0.3 is 5.97 Å². The van der Waals surface area contributed by atoms with E-state index in [1.165, 1.54) is 16.3 Å². The molecule has 0 bridgehead atoms. The molecule has 1 aliphatic carbocycles. The number of carboxylic acid groups (broad SMARTS) is 1. The van der Waals surface area contributed by atoms with E-state index in [1.54, 1.807) is 6.20 Å². The van der Waals surface area contributed by atoms with Crippen molar-refractivity contribution in [3.8, 4) is 11.1 Å². The second-order valence-electron chi connectivity index (χ2n) is 8.80. The van der Waals surface area contributed by atoms with Gasteiger partial charge in [0.15, 0.2) is 11.4 Å². The molecule has 0 aromatic carbocycles. The summed E-state index contributed by atoms with van der Waals surface area (Å²) < 4.78 is 1.53. The van der Waals surface area contributed by atoms with E-state index in [0.29, 0.717) is 47.8 Å². The van der Waals surface area contributed by atoms with Crippen LogP contribution in [0.1, 0.15) is 67.2 Å². The first-order valence-electron chi connectivity index (χ1n) is 10.9. The van der Waals surface area contributed by atoms with E-state index in [4.69, 9.17) is 10.7 Å². The molecule has 0 radical (unpaired) electrons. The zero-order valence-corrected chi connectivity index (χ0v) is 18.9. The number of hydrogen-bond donors (Lipinski definition) is 2. The molecule has 8 nitrogen and oxygen atoms in total. The summed E-state index contributed by atoms with van der Waals surface area (Å²) in [5, 5.41) is 14.3. The maximum Gasteiger partial charge on any atom is 0.306 e. The summed E-state index contributed by atoms with van der Waals surface area (Å²) in [7, 11) is 0. The lowest BCUT2D eigenvalue weighted by atomic mass is 9.79. The van der Waals surface area contributed by atoms with Crippen LogP contribution < -0.4 is 5.73 Å². The summed E-state index contributed by atoms with van der Waals surface area (Å²) in [6.07, 6.45) is 7.01. The highest BCUT2D eigenvalue weighted by molar-refractivity contribution is 8.00. The standard InChI is InChI=1S/C23H25N5O3S/c1-11-7-17-18(32-11)8-15(9-25-17)16-10-26-28-21(24)19(12(2)29)20(27-22(16)28)13-3-5-14(6-4-13)23(30)31/h8-11,13-14H,3-7,24H2,1-2H3,(H,30,31)/t11?,13-,14-. The minimum Gasteiger partial charge on any atom is -0.481 e. The Hall–Kier alpha value is -2.94. The number of anilines is 1. The number of thioether (sulfide) groups is 1. The van der Waals surface area contributed by atoms with E-state index in [1.807, 2.05) is 18.0 Å². The summed E-state index contributed by atoms with van der Waals surface area (Å²) >= 11 is 1.82. The number of carbonyl (C=O) groups excluding carboxylic acids is 1. The summed E-state index contributed by atoms with van der Waals surface area (Å²) in [6.45, 7) is 3.68. The summed E-state index contributed by atoms with van der Waals surface area (Å²) in [4.78, 5) is 34.6. The molecule has 2 aliphatic rings. The lowest BCUT2D eigenvalue weighted by molar-refractivity contribution is -0.142. The lowest BCUT2D eigenvalue weighted by Crippen LogP contribution is -2.23. The van der Waals surface area contributed by atoms with Crippen LogP contribution in [-0.2, 0) is 11.2 Å². The molecule has 0 amide bonds. The average Bonchev–Trinajstić information content (AvgIpc) is 3.35. The van der Waals surface area contributed by atoms with E-state index in [9.17, 15) is 14.7 Å². The van der Waals surface area contributed by atoms with Gasteiger partial charge in [0.25, 0.3) is 0 Å². The molecule has 1 atom stereocenters. The fourth-order valence-corrected chi connectivity index (χ4v) is 6.05. The fourth-order valence-electron chi connectivity index (χ4n) is 4.91. The van der Waals surface area contributed by atoms with Crippen molar-refractivity contribution in [1.29, 1.82) is 0 Å². The van der Waals surface area contributed by atoms with E-state index in [2.05, 4.69) is 23.1 Å². The Bertz CT molecular complexity index is 1250. The molecule has 166 valence electrons. The molecule has 1 saturated carbocycles. The predicted molar refractivity (Wildman–Crippen MR) is 122 cm³/mol. The van der Waals surface area contributed by atoms with Gasteiger partial charge < -0.3 is 10.8 Å². The largest absolute Gasteiger partial charge is 0.481 e. The van der Waals surface area contributed by atoms with Gasteiger partial charge in [-0.05, 0) is 38.7 Å². The van der Waals surface area contributed by atoms with Gasteiger partial charge in [-0.3, -0.25) is 14.6 Å². The number of rotatable bonds is 4. The quantitative estimate of drug-likeness (QED) is 0.571. The molecule has 3 N–H and O–H groups in total.